The van der Waals surface area contributed by atoms with Gasteiger partial charge in [0.05, 0.1) is 16.7 Å². The zero-order valence-electron chi connectivity index (χ0n) is 17.4. The third-order valence-corrected chi connectivity index (χ3v) is 5.01. The van der Waals surface area contributed by atoms with Gasteiger partial charge >= 0.3 is 12.1 Å². The van der Waals surface area contributed by atoms with E-state index in [0.29, 0.717) is 4.60 Å². The van der Waals surface area contributed by atoms with Crippen molar-refractivity contribution in [2.24, 2.45) is 0 Å². The first kappa shape index (κ1) is 28.7. The predicted octanol–water partition coefficient (Wildman–Crippen LogP) is 5.43. The second kappa shape index (κ2) is 11.9. The number of carbonyl (C=O) groups excluding carboxylic acids is 1. The Bertz CT molecular complexity index is 1340. The monoisotopic (exact) mass is 611 g/mol. The number of rotatable bonds is 5. The molecule has 2 aromatic carbocycles. The van der Waals surface area contributed by atoms with E-state index in [4.69, 9.17) is 48.8 Å². The molecule has 3 aromatic rings. The molecular weight excluding hydrogens is 601 g/mol. The first-order valence-corrected chi connectivity index (χ1v) is 10.7. The Labute approximate surface area is 217 Å². The van der Waals surface area contributed by atoms with Gasteiger partial charge in [0.2, 0.25) is 0 Å². The summed E-state index contributed by atoms with van der Waals surface area (Å²) in [5, 5.41) is 18.9. The van der Waals surface area contributed by atoms with E-state index in [2.05, 4.69) is 31.2 Å². The molecule has 0 spiro atoms. The Kier molecular flexibility index (Phi) is 9.51. The van der Waals surface area contributed by atoms with E-state index in [0.717, 1.165) is 0 Å². The van der Waals surface area contributed by atoms with Crippen molar-refractivity contribution in [1.82, 2.24) is 15.3 Å². The Morgan fingerprint density at radius 3 is 2.44 bits per heavy atom. The number of benzene rings is 2. The van der Waals surface area contributed by atoms with Crippen LogP contribution in [0.5, 0.6) is 11.5 Å². The summed E-state index contributed by atoms with van der Waals surface area (Å²) in [5.74, 6) is -4.13. The third-order valence-electron chi connectivity index (χ3n) is 3.92. The van der Waals surface area contributed by atoms with Crippen LogP contribution in [0.1, 0.15) is 21.6 Å². The first-order chi connectivity index (χ1) is 16.7. The largest absolute Gasteiger partial charge is 0.490 e. The molecule has 0 saturated carbocycles. The van der Waals surface area contributed by atoms with Gasteiger partial charge in [-0.2, -0.15) is 18.4 Å². The molecule has 36 heavy (non-hydrogen) atoms. The van der Waals surface area contributed by atoms with E-state index in [1.807, 2.05) is 6.07 Å². The lowest BCUT2D eigenvalue weighted by atomic mass is 10.2. The number of carboxylic acid groups (broad SMARTS) is 1. The topological polar surface area (TPSA) is 154 Å². The van der Waals surface area contributed by atoms with E-state index < -0.39 is 23.9 Å². The van der Waals surface area contributed by atoms with Gasteiger partial charge in [-0.25, -0.2) is 14.2 Å². The number of carbonyl (C=O) groups is 2. The number of carboxylic acids is 1. The van der Waals surface area contributed by atoms with E-state index in [1.165, 1.54) is 30.3 Å². The molecule has 0 saturated heterocycles. The highest BCUT2D eigenvalue weighted by atomic mass is 79.9. The average molecular weight is 613 g/mol. The summed E-state index contributed by atoms with van der Waals surface area (Å²) in [6, 6.07) is 9.04. The Hall–Kier alpha value is -3.54. The summed E-state index contributed by atoms with van der Waals surface area (Å²) in [5.41, 5.74) is 5.90. The summed E-state index contributed by atoms with van der Waals surface area (Å²) in [7, 11) is 0. The van der Waals surface area contributed by atoms with Gasteiger partial charge in [-0.3, -0.25) is 4.79 Å². The van der Waals surface area contributed by atoms with Crippen molar-refractivity contribution >= 4 is 57.0 Å². The Morgan fingerprint density at radius 1 is 1.28 bits per heavy atom. The van der Waals surface area contributed by atoms with Crippen LogP contribution in [-0.4, -0.2) is 33.1 Å². The number of aromatic nitrogens is 2. The number of ether oxygens (including phenoxy) is 1. The predicted molar refractivity (Wildman–Crippen MR) is 123 cm³/mol. The fraction of sp³-hybridized carbons (Fsp3) is 0.100. The van der Waals surface area contributed by atoms with Crippen LogP contribution >= 0.6 is 39.1 Å². The lowest BCUT2D eigenvalue weighted by molar-refractivity contribution is -0.192. The number of anilines is 1. The maximum atomic E-state index is 14.9. The molecule has 1 amide bonds. The van der Waals surface area contributed by atoms with Crippen molar-refractivity contribution in [3.8, 4) is 17.6 Å². The van der Waals surface area contributed by atoms with Gasteiger partial charge in [0.15, 0.2) is 23.2 Å². The number of hydrogen-bond acceptors (Lipinski definition) is 6. The number of nitrogens with one attached hydrogen (secondary N) is 2. The molecule has 1 heterocycles. The molecule has 0 atom stereocenters. The Balaban J connectivity index is 0.000000572. The summed E-state index contributed by atoms with van der Waals surface area (Å²) >= 11 is 15.1. The number of amides is 1. The SMILES string of the molecule is N#Cc1cc(Cl)cc(Oc2c(Cl)ccc(CNC(=O)c3nc(N)[nH]c3Br)c2F)c1.O=C(O)C(F)(F)F. The van der Waals surface area contributed by atoms with Gasteiger partial charge in [-0.05, 0) is 40.2 Å². The molecule has 0 radical (unpaired) electrons. The molecule has 16 heteroatoms. The molecule has 3 rings (SSSR count). The summed E-state index contributed by atoms with van der Waals surface area (Å²) in [4.78, 5) is 27.6. The van der Waals surface area contributed by atoms with Crippen LogP contribution in [0.4, 0.5) is 23.5 Å². The zero-order valence-corrected chi connectivity index (χ0v) is 20.5. The van der Waals surface area contributed by atoms with Gasteiger partial charge in [-0.1, -0.05) is 29.3 Å². The molecular formula is C20H12BrCl2F4N5O4. The van der Waals surface area contributed by atoms with E-state index in [9.17, 15) is 22.4 Å². The molecule has 5 N–H and O–H groups in total. The fourth-order valence-corrected chi connectivity index (χ4v) is 3.27. The number of imidazole rings is 1. The smallest absolute Gasteiger partial charge is 0.475 e. The number of halogens is 7. The highest BCUT2D eigenvalue weighted by Crippen LogP contribution is 2.35. The molecule has 0 unspecified atom stereocenters. The van der Waals surface area contributed by atoms with Gasteiger partial charge in [-0.15, -0.1) is 0 Å². The molecule has 9 nitrogen and oxygen atoms in total. The van der Waals surface area contributed by atoms with E-state index in [-0.39, 0.29) is 50.9 Å². The fourth-order valence-electron chi connectivity index (χ4n) is 2.39. The number of H-pyrrole nitrogens is 1. The molecule has 0 aliphatic heterocycles. The molecule has 1 aromatic heterocycles. The number of nitrogen functional groups attached to an aromatic ring is 1. The number of nitriles is 1. The van der Waals surface area contributed by atoms with Crippen molar-refractivity contribution < 1.29 is 37.0 Å². The van der Waals surface area contributed by atoms with Crippen molar-refractivity contribution in [3.05, 3.63) is 67.6 Å². The lowest BCUT2D eigenvalue weighted by Crippen LogP contribution is -2.24. The number of aliphatic carboxylic acids is 1. The van der Waals surface area contributed by atoms with Gasteiger partial charge in [0.25, 0.3) is 5.91 Å². The van der Waals surface area contributed by atoms with Crippen molar-refractivity contribution in [1.29, 1.82) is 5.26 Å². The minimum atomic E-state index is -5.08. The highest BCUT2D eigenvalue weighted by Gasteiger charge is 2.38. The van der Waals surface area contributed by atoms with Crippen molar-refractivity contribution in [3.63, 3.8) is 0 Å². The quantitative estimate of drug-likeness (QED) is 0.280. The van der Waals surface area contributed by atoms with Crippen molar-refractivity contribution in [2.45, 2.75) is 12.7 Å². The summed E-state index contributed by atoms with van der Waals surface area (Å²) in [6.45, 7) is -0.156. The first-order valence-electron chi connectivity index (χ1n) is 9.17. The average Bonchev–Trinajstić information content (AvgIpc) is 3.13. The van der Waals surface area contributed by atoms with Crippen LogP contribution in [0, 0.1) is 17.1 Å². The molecule has 0 aliphatic carbocycles. The van der Waals surface area contributed by atoms with Crippen LogP contribution in [0.15, 0.2) is 34.9 Å². The third kappa shape index (κ3) is 7.74. The van der Waals surface area contributed by atoms with Crippen LogP contribution in [-0.2, 0) is 11.3 Å². The molecule has 0 bridgehead atoms. The zero-order chi connectivity index (χ0) is 27.2. The number of alkyl halides is 3. The van der Waals surface area contributed by atoms with E-state index in [1.54, 1.807) is 0 Å². The Morgan fingerprint density at radius 2 is 1.92 bits per heavy atom. The molecule has 0 fully saturated rings. The van der Waals surface area contributed by atoms with Gasteiger partial charge in [0, 0.05) is 17.1 Å². The highest BCUT2D eigenvalue weighted by molar-refractivity contribution is 9.10. The van der Waals surface area contributed by atoms with Crippen molar-refractivity contribution in [2.75, 3.05) is 5.73 Å². The van der Waals surface area contributed by atoms with Crippen LogP contribution < -0.4 is 15.8 Å². The normalized spacial score (nSPS) is 10.6. The minimum absolute atomic E-state index is 0.0129. The van der Waals surface area contributed by atoms with Gasteiger partial charge < -0.3 is 25.9 Å². The van der Waals surface area contributed by atoms with Crippen LogP contribution in [0.25, 0.3) is 0 Å². The number of aromatic amines is 1. The number of hydrogen-bond donors (Lipinski definition) is 4. The molecule has 0 aliphatic rings. The summed E-state index contributed by atoms with van der Waals surface area (Å²) < 4.78 is 52.5. The maximum absolute atomic E-state index is 14.9. The maximum Gasteiger partial charge on any atom is 0.490 e. The van der Waals surface area contributed by atoms with Crippen LogP contribution in [0.2, 0.25) is 10.0 Å². The second-order valence-corrected chi connectivity index (χ2v) is 8.15. The number of nitrogens with zero attached hydrogens (tertiary/aromatic N) is 2. The molecule has 190 valence electrons. The minimum Gasteiger partial charge on any atom is -0.475 e. The van der Waals surface area contributed by atoms with E-state index >= 15 is 0 Å². The van der Waals surface area contributed by atoms with Crippen LogP contribution in [0.3, 0.4) is 0 Å². The van der Waals surface area contributed by atoms with Gasteiger partial charge in [0.1, 0.15) is 10.4 Å². The standard InChI is InChI=1S/C18H11BrCl2FN5O2.C2HF3O2/c19-16-14(26-18(24)27-16)17(28)25-7-9-1-2-12(21)15(13(9)22)29-11-4-8(6-23)3-10(20)5-11;3-2(4,5)1(6)7/h1-5H,7H2,(H,25,28)(H3,24,26,27);(H,6,7). The second-order valence-electron chi connectivity index (χ2n) is 6.51. The number of nitrogens with two attached hydrogens (primary N) is 1. The summed E-state index contributed by atoms with van der Waals surface area (Å²) in [6.07, 6.45) is -5.08. The lowest BCUT2D eigenvalue weighted by Gasteiger charge is -2.13.